The standard InChI is InChI=1S/C10H14N2OS/c13-14(10-4-6-11-7-10)8-9-3-1-2-5-12-9/h1-3,5,10-11H,4,6-8H2/t10-,14+/m0/s1. The number of hydrogen-bond acceptors (Lipinski definition) is 3. The molecule has 0 spiro atoms. The van der Waals surface area contributed by atoms with Gasteiger partial charge >= 0.3 is 0 Å². The summed E-state index contributed by atoms with van der Waals surface area (Å²) in [6.07, 6.45) is 2.78. The minimum Gasteiger partial charge on any atom is -0.315 e. The van der Waals surface area contributed by atoms with Crippen molar-refractivity contribution in [1.82, 2.24) is 10.3 Å². The highest BCUT2D eigenvalue weighted by Gasteiger charge is 2.21. The zero-order valence-electron chi connectivity index (χ0n) is 7.98. The molecule has 1 fully saturated rings. The molecule has 1 aromatic heterocycles. The lowest BCUT2D eigenvalue weighted by atomic mass is 10.4. The van der Waals surface area contributed by atoms with Crippen LogP contribution in [0.15, 0.2) is 24.4 Å². The first kappa shape index (κ1) is 9.80. The van der Waals surface area contributed by atoms with Gasteiger partial charge in [0.25, 0.3) is 0 Å². The van der Waals surface area contributed by atoms with E-state index in [9.17, 15) is 4.21 Å². The predicted octanol–water partition coefficient (Wildman–Crippen LogP) is 0.692. The van der Waals surface area contributed by atoms with Gasteiger partial charge in [-0.2, -0.15) is 0 Å². The van der Waals surface area contributed by atoms with Crippen LogP contribution in [0.25, 0.3) is 0 Å². The first-order chi connectivity index (χ1) is 6.86. The molecule has 1 aliphatic heterocycles. The quantitative estimate of drug-likeness (QED) is 0.798. The topological polar surface area (TPSA) is 42.0 Å². The third-order valence-electron chi connectivity index (χ3n) is 2.40. The molecular weight excluding hydrogens is 196 g/mol. The summed E-state index contributed by atoms with van der Waals surface area (Å²) in [7, 11) is -0.771. The van der Waals surface area contributed by atoms with Gasteiger partial charge in [0.15, 0.2) is 0 Å². The Hall–Kier alpha value is -0.740. The van der Waals surface area contributed by atoms with Crippen LogP contribution >= 0.6 is 0 Å². The molecule has 0 aromatic carbocycles. The van der Waals surface area contributed by atoms with Gasteiger partial charge in [0.2, 0.25) is 0 Å². The molecule has 1 aromatic rings. The maximum atomic E-state index is 11.8. The molecule has 2 rings (SSSR count). The van der Waals surface area contributed by atoms with Crippen molar-refractivity contribution in [2.45, 2.75) is 17.4 Å². The molecule has 4 heteroatoms. The lowest BCUT2D eigenvalue weighted by Gasteiger charge is -2.07. The van der Waals surface area contributed by atoms with Crippen LogP contribution in [0, 0.1) is 0 Å². The molecule has 2 atom stereocenters. The van der Waals surface area contributed by atoms with Gasteiger partial charge in [0.05, 0.1) is 11.4 Å². The van der Waals surface area contributed by atoms with E-state index in [0.717, 1.165) is 25.2 Å². The van der Waals surface area contributed by atoms with E-state index in [0.29, 0.717) is 11.0 Å². The van der Waals surface area contributed by atoms with Gasteiger partial charge in [0.1, 0.15) is 0 Å². The molecule has 14 heavy (non-hydrogen) atoms. The molecule has 0 aliphatic carbocycles. The maximum absolute atomic E-state index is 11.8. The minimum absolute atomic E-state index is 0.317. The summed E-state index contributed by atoms with van der Waals surface area (Å²) in [5, 5.41) is 3.54. The normalized spacial score (nSPS) is 23.6. The lowest BCUT2D eigenvalue weighted by Crippen LogP contribution is -2.20. The number of nitrogens with one attached hydrogen (secondary N) is 1. The second-order valence-corrected chi connectivity index (χ2v) is 5.18. The van der Waals surface area contributed by atoms with Crippen molar-refractivity contribution in [2.24, 2.45) is 0 Å². The van der Waals surface area contributed by atoms with E-state index in [1.54, 1.807) is 6.20 Å². The third kappa shape index (κ3) is 2.39. The Kier molecular flexibility index (Phi) is 3.26. The Morgan fingerprint density at radius 3 is 3.14 bits per heavy atom. The average Bonchev–Trinajstić information content (AvgIpc) is 2.72. The summed E-state index contributed by atoms with van der Waals surface area (Å²) >= 11 is 0. The van der Waals surface area contributed by atoms with Crippen LogP contribution in [0.4, 0.5) is 0 Å². The molecule has 76 valence electrons. The molecule has 1 saturated heterocycles. The van der Waals surface area contributed by atoms with Gasteiger partial charge in [-0.1, -0.05) is 6.07 Å². The van der Waals surface area contributed by atoms with E-state index in [4.69, 9.17) is 0 Å². The number of rotatable bonds is 3. The van der Waals surface area contributed by atoms with Crippen molar-refractivity contribution in [1.29, 1.82) is 0 Å². The van der Waals surface area contributed by atoms with Crippen LogP contribution < -0.4 is 5.32 Å². The summed E-state index contributed by atoms with van der Waals surface area (Å²) in [5.74, 6) is 0.590. The summed E-state index contributed by atoms with van der Waals surface area (Å²) in [5.41, 5.74) is 0.928. The molecule has 0 amide bonds. The van der Waals surface area contributed by atoms with E-state index < -0.39 is 10.8 Å². The minimum atomic E-state index is -0.771. The van der Waals surface area contributed by atoms with E-state index >= 15 is 0 Å². The van der Waals surface area contributed by atoms with Crippen LogP contribution in [0.3, 0.4) is 0 Å². The molecule has 3 nitrogen and oxygen atoms in total. The van der Waals surface area contributed by atoms with Crippen molar-refractivity contribution >= 4 is 10.8 Å². The highest BCUT2D eigenvalue weighted by atomic mass is 32.2. The monoisotopic (exact) mass is 210 g/mol. The first-order valence-electron chi connectivity index (χ1n) is 4.84. The highest BCUT2D eigenvalue weighted by molar-refractivity contribution is 7.84. The van der Waals surface area contributed by atoms with Crippen LogP contribution in [-0.2, 0) is 16.6 Å². The second-order valence-electron chi connectivity index (χ2n) is 3.46. The van der Waals surface area contributed by atoms with E-state index in [-0.39, 0.29) is 0 Å². The number of nitrogens with zero attached hydrogens (tertiary/aromatic N) is 1. The van der Waals surface area contributed by atoms with Crippen molar-refractivity contribution in [3.8, 4) is 0 Å². The molecule has 1 N–H and O–H groups in total. The summed E-state index contributed by atoms with van der Waals surface area (Å²) in [6, 6.07) is 5.75. The second kappa shape index (κ2) is 4.66. The Labute approximate surface area is 86.4 Å². The fourth-order valence-corrected chi connectivity index (χ4v) is 2.98. The van der Waals surface area contributed by atoms with E-state index in [1.165, 1.54) is 0 Å². The van der Waals surface area contributed by atoms with Gasteiger partial charge < -0.3 is 5.32 Å². The molecule has 0 radical (unpaired) electrons. The summed E-state index contributed by atoms with van der Waals surface area (Å²) in [4.78, 5) is 4.18. The van der Waals surface area contributed by atoms with Gasteiger partial charge in [-0.25, -0.2) is 0 Å². The number of pyridine rings is 1. The molecule has 0 unspecified atom stereocenters. The Morgan fingerprint density at radius 2 is 2.50 bits per heavy atom. The molecule has 0 bridgehead atoms. The smallest absolute Gasteiger partial charge is 0.0662 e. The Bertz CT molecular complexity index is 309. The van der Waals surface area contributed by atoms with Crippen molar-refractivity contribution in [3.63, 3.8) is 0 Å². The molecular formula is C10H14N2OS. The molecule has 1 aliphatic rings. The van der Waals surface area contributed by atoms with E-state index in [1.807, 2.05) is 18.2 Å². The maximum Gasteiger partial charge on any atom is 0.0662 e. The van der Waals surface area contributed by atoms with Crippen molar-refractivity contribution < 1.29 is 4.21 Å². The predicted molar refractivity (Wildman–Crippen MR) is 57.4 cm³/mol. The van der Waals surface area contributed by atoms with Gasteiger partial charge in [-0.05, 0) is 25.1 Å². The molecule has 0 saturated carbocycles. The van der Waals surface area contributed by atoms with Crippen LogP contribution in [-0.4, -0.2) is 27.5 Å². The Morgan fingerprint density at radius 1 is 1.57 bits per heavy atom. The van der Waals surface area contributed by atoms with Crippen LogP contribution in [0.5, 0.6) is 0 Å². The van der Waals surface area contributed by atoms with Crippen molar-refractivity contribution in [2.75, 3.05) is 13.1 Å². The SMILES string of the molecule is O=[S@](Cc1ccccn1)[C@H]1CCNC1. The zero-order chi connectivity index (χ0) is 9.80. The third-order valence-corrected chi connectivity index (χ3v) is 4.13. The van der Waals surface area contributed by atoms with Gasteiger partial charge in [0, 0.05) is 28.8 Å². The summed E-state index contributed by atoms with van der Waals surface area (Å²) in [6.45, 7) is 1.89. The molecule has 2 heterocycles. The van der Waals surface area contributed by atoms with Crippen molar-refractivity contribution in [3.05, 3.63) is 30.1 Å². The zero-order valence-corrected chi connectivity index (χ0v) is 8.80. The van der Waals surface area contributed by atoms with Crippen LogP contribution in [0.1, 0.15) is 12.1 Å². The largest absolute Gasteiger partial charge is 0.315 e. The number of hydrogen-bond donors (Lipinski definition) is 1. The summed E-state index contributed by atoms with van der Waals surface area (Å²) < 4.78 is 11.8. The average molecular weight is 210 g/mol. The number of aromatic nitrogens is 1. The van der Waals surface area contributed by atoms with Gasteiger partial charge in [-0.3, -0.25) is 9.19 Å². The van der Waals surface area contributed by atoms with E-state index in [2.05, 4.69) is 10.3 Å². The Balaban J connectivity index is 1.94. The van der Waals surface area contributed by atoms with Crippen LogP contribution in [0.2, 0.25) is 0 Å². The fraction of sp³-hybridized carbons (Fsp3) is 0.500. The first-order valence-corrected chi connectivity index (χ1v) is 6.22. The highest BCUT2D eigenvalue weighted by Crippen LogP contribution is 2.10. The van der Waals surface area contributed by atoms with Gasteiger partial charge in [-0.15, -0.1) is 0 Å². The fourth-order valence-electron chi connectivity index (χ4n) is 1.60. The lowest BCUT2D eigenvalue weighted by molar-refractivity contribution is 0.671.